The zero-order valence-electron chi connectivity index (χ0n) is 13.6. The predicted octanol–water partition coefficient (Wildman–Crippen LogP) is 4.48. The summed E-state index contributed by atoms with van der Waals surface area (Å²) in [6.45, 7) is -1.04. The molecule has 2 aromatic carbocycles. The number of anilines is 1. The first-order chi connectivity index (χ1) is 11.9. The third-order valence-electron chi connectivity index (χ3n) is 3.36. The topological polar surface area (TPSA) is 42.5 Å². The van der Waals surface area contributed by atoms with Crippen LogP contribution in [0.3, 0.4) is 0 Å². The zero-order chi connectivity index (χ0) is 18.4. The number of methoxy groups -OCH3 is 1. The van der Waals surface area contributed by atoms with Crippen LogP contribution in [-0.2, 0) is 0 Å². The Hall–Kier alpha value is -2.48. The fraction of sp³-hybridized carbons (Fsp3) is 0.235. The maximum Gasteiger partial charge on any atom is 0.387 e. The lowest BCUT2D eigenvalue weighted by Gasteiger charge is -2.18. The van der Waals surface area contributed by atoms with Crippen molar-refractivity contribution in [2.24, 2.45) is 0 Å². The van der Waals surface area contributed by atoms with Gasteiger partial charge in [0.25, 0.3) is 0 Å². The van der Waals surface area contributed by atoms with Crippen molar-refractivity contribution in [1.29, 1.82) is 0 Å². The van der Waals surface area contributed by atoms with Crippen LogP contribution in [0.25, 0.3) is 0 Å². The molecule has 2 aromatic rings. The maximum absolute atomic E-state index is 13.8. The first kappa shape index (κ1) is 18.9. The van der Waals surface area contributed by atoms with E-state index < -0.39 is 12.4 Å². The van der Waals surface area contributed by atoms with Crippen molar-refractivity contribution >= 4 is 23.0 Å². The first-order valence-electron chi connectivity index (χ1n) is 7.35. The number of rotatable bonds is 6. The van der Waals surface area contributed by atoms with Gasteiger partial charge >= 0.3 is 6.61 Å². The molecular formula is C17H17F3N2O2S. The van der Waals surface area contributed by atoms with E-state index in [-0.39, 0.29) is 17.5 Å². The lowest BCUT2D eigenvalue weighted by atomic mass is 10.1. The molecular weight excluding hydrogens is 353 g/mol. The van der Waals surface area contributed by atoms with E-state index in [0.29, 0.717) is 16.4 Å². The van der Waals surface area contributed by atoms with Gasteiger partial charge < -0.3 is 20.1 Å². The Labute approximate surface area is 148 Å². The lowest BCUT2D eigenvalue weighted by Crippen LogP contribution is -2.30. The molecule has 0 saturated carbocycles. The van der Waals surface area contributed by atoms with Crippen LogP contribution in [0.15, 0.2) is 42.5 Å². The molecule has 0 saturated heterocycles. The average Bonchev–Trinajstić information content (AvgIpc) is 2.56. The van der Waals surface area contributed by atoms with Crippen LogP contribution in [-0.4, -0.2) is 18.8 Å². The van der Waals surface area contributed by atoms with Crippen LogP contribution in [0.2, 0.25) is 0 Å². The number of hydrogen-bond donors (Lipinski definition) is 2. The standard InChI is InChI=1S/C17H17F3N2O2S/c1-10(11-3-8-15(23-2)14(18)9-11)21-17(25)22-12-4-6-13(7-5-12)24-16(19)20/h3-10,16H,1-2H3,(H2,21,22,25)/t10-/m1/s1. The molecule has 1 atom stereocenters. The molecule has 0 aromatic heterocycles. The van der Waals surface area contributed by atoms with Gasteiger partial charge in [0.2, 0.25) is 0 Å². The van der Waals surface area contributed by atoms with Gasteiger partial charge in [-0.05, 0) is 61.1 Å². The highest BCUT2D eigenvalue weighted by Crippen LogP contribution is 2.22. The Morgan fingerprint density at radius 3 is 2.36 bits per heavy atom. The average molecular weight is 370 g/mol. The van der Waals surface area contributed by atoms with Gasteiger partial charge in [-0.15, -0.1) is 0 Å². The molecule has 25 heavy (non-hydrogen) atoms. The highest BCUT2D eigenvalue weighted by molar-refractivity contribution is 7.80. The van der Waals surface area contributed by atoms with Crippen LogP contribution < -0.4 is 20.1 Å². The molecule has 0 aliphatic carbocycles. The van der Waals surface area contributed by atoms with Crippen molar-refractivity contribution in [2.45, 2.75) is 19.6 Å². The van der Waals surface area contributed by atoms with E-state index in [0.717, 1.165) is 0 Å². The third kappa shape index (κ3) is 5.53. The molecule has 0 heterocycles. The molecule has 4 nitrogen and oxygen atoms in total. The minimum absolute atomic E-state index is 0.0569. The van der Waals surface area contributed by atoms with Gasteiger partial charge in [0.15, 0.2) is 16.7 Å². The van der Waals surface area contributed by atoms with Gasteiger partial charge in [0.05, 0.1) is 13.2 Å². The maximum atomic E-state index is 13.8. The van der Waals surface area contributed by atoms with Crippen LogP contribution in [0, 0.1) is 5.82 Å². The minimum atomic E-state index is -2.87. The number of hydrogen-bond acceptors (Lipinski definition) is 3. The summed E-state index contributed by atoms with van der Waals surface area (Å²) >= 11 is 5.20. The van der Waals surface area contributed by atoms with Crippen molar-refractivity contribution in [1.82, 2.24) is 5.32 Å². The molecule has 0 spiro atoms. The van der Waals surface area contributed by atoms with E-state index in [2.05, 4.69) is 15.4 Å². The summed E-state index contributed by atoms with van der Waals surface area (Å²) in [5.41, 5.74) is 1.30. The summed E-state index contributed by atoms with van der Waals surface area (Å²) < 4.78 is 47.1. The van der Waals surface area contributed by atoms with Crippen molar-refractivity contribution in [3.05, 3.63) is 53.8 Å². The van der Waals surface area contributed by atoms with Gasteiger partial charge in [0, 0.05) is 5.69 Å². The van der Waals surface area contributed by atoms with Gasteiger partial charge in [0.1, 0.15) is 5.75 Å². The fourth-order valence-electron chi connectivity index (χ4n) is 2.12. The Morgan fingerprint density at radius 2 is 1.80 bits per heavy atom. The van der Waals surface area contributed by atoms with E-state index in [9.17, 15) is 13.2 Å². The summed E-state index contributed by atoms with van der Waals surface area (Å²) in [6.07, 6.45) is 0. The number of ether oxygens (including phenoxy) is 2. The molecule has 0 radical (unpaired) electrons. The van der Waals surface area contributed by atoms with Gasteiger partial charge in [-0.2, -0.15) is 8.78 Å². The largest absolute Gasteiger partial charge is 0.494 e. The quantitative estimate of drug-likeness (QED) is 0.734. The second-order valence-electron chi connectivity index (χ2n) is 5.12. The molecule has 0 aliphatic heterocycles. The van der Waals surface area contributed by atoms with Gasteiger partial charge in [-0.1, -0.05) is 6.07 Å². The second kappa shape index (κ2) is 8.57. The Bertz CT molecular complexity index is 726. The molecule has 134 valence electrons. The Balaban J connectivity index is 1.94. The van der Waals surface area contributed by atoms with Crippen molar-refractivity contribution in [3.63, 3.8) is 0 Å². The smallest absolute Gasteiger partial charge is 0.387 e. The molecule has 8 heteroatoms. The molecule has 0 aliphatic rings. The highest BCUT2D eigenvalue weighted by Gasteiger charge is 2.11. The molecule has 0 fully saturated rings. The number of halogens is 3. The number of alkyl halides is 2. The molecule has 0 bridgehead atoms. The SMILES string of the molecule is COc1ccc([C@@H](C)NC(=S)Nc2ccc(OC(F)F)cc2)cc1F. The van der Waals surface area contributed by atoms with Crippen LogP contribution >= 0.6 is 12.2 Å². The summed E-state index contributed by atoms with van der Waals surface area (Å²) in [5, 5.41) is 6.25. The van der Waals surface area contributed by atoms with Crippen molar-refractivity contribution in [3.8, 4) is 11.5 Å². The lowest BCUT2D eigenvalue weighted by molar-refractivity contribution is -0.0498. The number of benzene rings is 2. The van der Waals surface area contributed by atoms with Crippen LogP contribution in [0.5, 0.6) is 11.5 Å². The third-order valence-corrected chi connectivity index (χ3v) is 3.58. The summed E-state index contributed by atoms with van der Waals surface area (Å²) in [4.78, 5) is 0. The van der Waals surface area contributed by atoms with E-state index >= 15 is 0 Å². The van der Waals surface area contributed by atoms with E-state index in [4.69, 9.17) is 17.0 Å². The summed E-state index contributed by atoms with van der Waals surface area (Å²) in [7, 11) is 1.40. The Kier molecular flexibility index (Phi) is 6.46. The molecule has 0 unspecified atom stereocenters. The van der Waals surface area contributed by atoms with Gasteiger partial charge in [-0.25, -0.2) is 4.39 Å². The second-order valence-corrected chi connectivity index (χ2v) is 5.53. The zero-order valence-corrected chi connectivity index (χ0v) is 14.4. The van der Waals surface area contributed by atoms with E-state index in [1.165, 1.54) is 25.3 Å². The number of nitrogens with one attached hydrogen (secondary N) is 2. The monoisotopic (exact) mass is 370 g/mol. The molecule has 2 rings (SSSR count). The first-order valence-corrected chi connectivity index (χ1v) is 7.75. The highest BCUT2D eigenvalue weighted by atomic mass is 32.1. The van der Waals surface area contributed by atoms with Gasteiger partial charge in [-0.3, -0.25) is 0 Å². The van der Waals surface area contributed by atoms with E-state index in [1.807, 2.05) is 6.92 Å². The predicted molar refractivity (Wildman–Crippen MR) is 93.8 cm³/mol. The molecule has 0 amide bonds. The van der Waals surface area contributed by atoms with E-state index in [1.54, 1.807) is 24.3 Å². The van der Waals surface area contributed by atoms with Crippen molar-refractivity contribution < 1.29 is 22.6 Å². The normalized spacial score (nSPS) is 11.8. The minimum Gasteiger partial charge on any atom is -0.494 e. The summed E-state index contributed by atoms with van der Waals surface area (Å²) in [6, 6.07) is 10.3. The summed E-state index contributed by atoms with van der Waals surface area (Å²) in [5.74, 6) is -0.230. The van der Waals surface area contributed by atoms with Crippen LogP contribution in [0.1, 0.15) is 18.5 Å². The molecule has 2 N–H and O–H groups in total. The number of thiocarbonyl (C=S) groups is 1. The van der Waals surface area contributed by atoms with Crippen molar-refractivity contribution in [2.75, 3.05) is 12.4 Å². The van der Waals surface area contributed by atoms with Crippen LogP contribution in [0.4, 0.5) is 18.9 Å². The fourth-order valence-corrected chi connectivity index (χ4v) is 2.41. The Morgan fingerprint density at radius 1 is 1.12 bits per heavy atom.